The van der Waals surface area contributed by atoms with Crippen molar-refractivity contribution in [3.8, 4) is 0 Å². The molecule has 0 nitrogen and oxygen atoms in total. The maximum Gasteiger partial charge on any atom is 0.457 e. The summed E-state index contributed by atoms with van der Waals surface area (Å²) in [6.45, 7) is 3.22. The van der Waals surface area contributed by atoms with Crippen LogP contribution in [-0.2, 0) is 0 Å². The van der Waals surface area contributed by atoms with E-state index in [1.807, 2.05) is 0 Å². The van der Waals surface area contributed by atoms with Crippen molar-refractivity contribution in [2.45, 2.75) is 32.9 Å². The van der Waals surface area contributed by atoms with Gasteiger partial charge in [-0.1, -0.05) is 5.57 Å². The highest BCUT2D eigenvalue weighted by Gasteiger charge is 2.58. The molecule has 0 bridgehead atoms. The van der Waals surface area contributed by atoms with Gasteiger partial charge in [0.1, 0.15) is 0 Å². The number of alkyl halides is 5. The molecule has 5 heteroatoms. The summed E-state index contributed by atoms with van der Waals surface area (Å²) in [5.74, 6) is -4.70. The van der Waals surface area contributed by atoms with Crippen molar-refractivity contribution in [1.29, 1.82) is 0 Å². The fourth-order valence-electron chi connectivity index (χ4n) is 0.527. The summed E-state index contributed by atoms with van der Waals surface area (Å²) in [4.78, 5) is 0. The third kappa shape index (κ3) is 1.95. The quantitative estimate of drug-likeness (QED) is 0.436. The summed E-state index contributed by atoms with van der Waals surface area (Å²) < 4.78 is 59.8. The van der Waals surface area contributed by atoms with Gasteiger partial charge < -0.3 is 0 Å². The first-order valence-electron chi connectivity index (χ1n) is 3.19. The van der Waals surface area contributed by atoms with E-state index >= 15 is 0 Å². The van der Waals surface area contributed by atoms with Crippen molar-refractivity contribution in [2.75, 3.05) is 0 Å². The van der Waals surface area contributed by atoms with Gasteiger partial charge >= 0.3 is 12.1 Å². The monoisotopic (exact) mass is 188 g/mol. The Hall–Kier alpha value is -0.610. The van der Waals surface area contributed by atoms with E-state index in [4.69, 9.17) is 0 Å². The highest BCUT2D eigenvalue weighted by atomic mass is 19.4. The molecule has 12 heavy (non-hydrogen) atoms. The standard InChI is InChI=1S/C7H9F5/c1-4(2)5(3)6(8,9)7(10,11)12/h1-3H3. The van der Waals surface area contributed by atoms with Crippen LogP contribution in [0.4, 0.5) is 22.0 Å². The zero-order valence-electron chi connectivity index (χ0n) is 6.89. The Morgan fingerprint density at radius 3 is 1.25 bits per heavy atom. The van der Waals surface area contributed by atoms with Crippen LogP contribution >= 0.6 is 0 Å². The van der Waals surface area contributed by atoms with Gasteiger partial charge in [-0.25, -0.2) is 0 Å². The first-order chi connectivity index (χ1) is 5.10. The van der Waals surface area contributed by atoms with E-state index in [0.717, 1.165) is 6.92 Å². The first-order valence-corrected chi connectivity index (χ1v) is 3.19. The Labute approximate surface area is 67.1 Å². The van der Waals surface area contributed by atoms with Crippen molar-refractivity contribution in [2.24, 2.45) is 0 Å². The first kappa shape index (κ1) is 11.4. The minimum Gasteiger partial charge on any atom is -0.191 e. The van der Waals surface area contributed by atoms with E-state index < -0.39 is 17.7 Å². The van der Waals surface area contributed by atoms with Crippen LogP contribution in [0.3, 0.4) is 0 Å². The molecule has 0 heterocycles. The van der Waals surface area contributed by atoms with Gasteiger partial charge in [0.2, 0.25) is 0 Å². The number of halogens is 5. The molecule has 72 valence electrons. The third-order valence-electron chi connectivity index (χ3n) is 1.58. The third-order valence-corrected chi connectivity index (χ3v) is 1.58. The van der Waals surface area contributed by atoms with Gasteiger partial charge in [0.05, 0.1) is 0 Å². The summed E-state index contributed by atoms with van der Waals surface area (Å²) in [7, 11) is 0. The molecule has 0 saturated heterocycles. The summed E-state index contributed by atoms with van der Waals surface area (Å²) in [6.07, 6.45) is -5.49. The van der Waals surface area contributed by atoms with Gasteiger partial charge in [-0.05, 0) is 20.8 Å². The Morgan fingerprint density at radius 1 is 0.833 bits per heavy atom. The summed E-state index contributed by atoms with van der Waals surface area (Å²) >= 11 is 0. The van der Waals surface area contributed by atoms with Crippen LogP contribution in [0.1, 0.15) is 20.8 Å². The van der Waals surface area contributed by atoms with Gasteiger partial charge in [-0.2, -0.15) is 22.0 Å². The molecule has 0 radical (unpaired) electrons. The molecule has 0 aromatic heterocycles. The Bertz CT molecular complexity index is 194. The molecule has 0 saturated carbocycles. The summed E-state index contributed by atoms with van der Waals surface area (Å²) in [6, 6.07) is 0. The maximum atomic E-state index is 12.4. The maximum absolute atomic E-state index is 12.4. The largest absolute Gasteiger partial charge is 0.457 e. The number of hydrogen-bond donors (Lipinski definition) is 0. The van der Waals surface area contributed by atoms with Crippen molar-refractivity contribution in [1.82, 2.24) is 0 Å². The molecule has 0 amide bonds. The summed E-state index contributed by atoms with van der Waals surface area (Å²) in [5, 5.41) is 0. The van der Waals surface area contributed by atoms with Crippen molar-refractivity contribution >= 4 is 0 Å². The molecule has 0 aliphatic heterocycles. The Balaban J connectivity index is 5.01. The van der Waals surface area contributed by atoms with E-state index in [2.05, 4.69) is 0 Å². The number of rotatable bonds is 1. The van der Waals surface area contributed by atoms with E-state index in [0.29, 0.717) is 0 Å². The lowest BCUT2D eigenvalue weighted by Gasteiger charge is -2.21. The van der Waals surface area contributed by atoms with Crippen LogP contribution in [0.2, 0.25) is 0 Å². The zero-order valence-corrected chi connectivity index (χ0v) is 6.89. The average Bonchev–Trinajstić information content (AvgIpc) is 1.83. The van der Waals surface area contributed by atoms with Crippen molar-refractivity contribution < 1.29 is 22.0 Å². The molecule has 0 aliphatic rings. The number of hydrogen-bond acceptors (Lipinski definition) is 0. The topological polar surface area (TPSA) is 0 Å². The normalized spacial score (nSPS) is 13.0. The molecule has 0 fully saturated rings. The Morgan fingerprint density at radius 2 is 1.17 bits per heavy atom. The fraction of sp³-hybridized carbons (Fsp3) is 0.714. The lowest BCUT2D eigenvalue weighted by atomic mass is 10.1. The highest BCUT2D eigenvalue weighted by molar-refractivity contribution is 5.18. The second-order valence-corrected chi connectivity index (χ2v) is 2.70. The second kappa shape index (κ2) is 3.03. The van der Waals surface area contributed by atoms with Crippen LogP contribution in [-0.4, -0.2) is 12.1 Å². The van der Waals surface area contributed by atoms with E-state index in [-0.39, 0.29) is 5.57 Å². The zero-order chi connectivity index (χ0) is 10.2. The SMILES string of the molecule is CC(C)=C(C)C(F)(F)C(F)(F)F. The van der Waals surface area contributed by atoms with Gasteiger partial charge in [-0.3, -0.25) is 0 Å². The molecule has 0 rings (SSSR count). The van der Waals surface area contributed by atoms with Crippen LogP contribution < -0.4 is 0 Å². The van der Waals surface area contributed by atoms with E-state index in [9.17, 15) is 22.0 Å². The van der Waals surface area contributed by atoms with Gasteiger partial charge in [-0.15, -0.1) is 0 Å². The number of allylic oxidation sites excluding steroid dienone is 2. The summed E-state index contributed by atoms with van der Waals surface area (Å²) in [5.41, 5.74) is -0.952. The molecule has 0 aromatic carbocycles. The molecular formula is C7H9F5. The molecule has 0 spiro atoms. The van der Waals surface area contributed by atoms with E-state index in [1.165, 1.54) is 13.8 Å². The van der Waals surface area contributed by atoms with Crippen LogP contribution in [0.5, 0.6) is 0 Å². The lowest BCUT2D eigenvalue weighted by Crippen LogP contribution is -2.37. The molecule has 0 unspecified atom stereocenters. The molecule has 0 atom stereocenters. The van der Waals surface area contributed by atoms with Crippen molar-refractivity contribution in [3.05, 3.63) is 11.1 Å². The average molecular weight is 188 g/mol. The van der Waals surface area contributed by atoms with Gasteiger partial charge in [0.15, 0.2) is 0 Å². The smallest absolute Gasteiger partial charge is 0.191 e. The molecule has 0 aliphatic carbocycles. The minimum atomic E-state index is -5.49. The van der Waals surface area contributed by atoms with Gasteiger partial charge in [0, 0.05) is 5.57 Å². The molecular weight excluding hydrogens is 179 g/mol. The molecule has 0 aromatic rings. The second-order valence-electron chi connectivity index (χ2n) is 2.70. The predicted octanol–water partition coefficient (Wildman–Crippen LogP) is 3.54. The Kier molecular flexibility index (Phi) is 2.88. The van der Waals surface area contributed by atoms with Crippen LogP contribution in [0.25, 0.3) is 0 Å². The molecule has 0 N–H and O–H groups in total. The minimum absolute atomic E-state index is 0.0164. The van der Waals surface area contributed by atoms with Crippen molar-refractivity contribution in [3.63, 3.8) is 0 Å². The lowest BCUT2D eigenvalue weighted by molar-refractivity contribution is -0.264. The fourth-order valence-corrected chi connectivity index (χ4v) is 0.527. The van der Waals surface area contributed by atoms with Crippen LogP contribution in [0.15, 0.2) is 11.1 Å². The highest BCUT2D eigenvalue weighted by Crippen LogP contribution is 2.41. The van der Waals surface area contributed by atoms with Crippen LogP contribution in [0, 0.1) is 0 Å². The predicted molar refractivity (Wildman–Crippen MR) is 35.0 cm³/mol. The van der Waals surface area contributed by atoms with E-state index in [1.54, 1.807) is 0 Å². The van der Waals surface area contributed by atoms with Gasteiger partial charge in [0.25, 0.3) is 0 Å².